The van der Waals surface area contributed by atoms with E-state index in [1.807, 2.05) is 13.8 Å². The van der Waals surface area contributed by atoms with Crippen molar-refractivity contribution in [1.29, 1.82) is 0 Å². The van der Waals surface area contributed by atoms with Gasteiger partial charge in [-0.2, -0.15) is 5.10 Å². The molecular formula is C24H22F2N6O. The number of hydrogen-bond acceptors (Lipinski definition) is 5. The number of nitrogen functional groups attached to an aromatic ring is 1. The Hall–Kier alpha value is -3.88. The molecule has 0 saturated heterocycles. The second-order valence-corrected chi connectivity index (χ2v) is 8.37. The maximum absolute atomic E-state index is 15.7. The maximum Gasteiger partial charge on any atom is 0.231 e. The summed E-state index contributed by atoms with van der Waals surface area (Å²) < 4.78 is 30.6. The van der Waals surface area contributed by atoms with Gasteiger partial charge in [0.1, 0.15) is 29.5 Å². The fourth-order valence-corrected chi connectivity index (χ4v) is 4.30. The summed E-state index contributed by atoms with van der Waals surface area (Å²) in [6.45, 7) is 4.29. The van der Waals surface area contributed by atoms with Gasteiger partial charge in [-0.3, -0.25) is 4.79 Å². The van der Waals surface area contributed by atoms with Gasteiger partial charge in [-0.25, -0.2) is 23.4 Å². The van der Waals surface area contributed by atoms with Crippen molar-refractivity contribution >= 4 is 28.4 Å². The molecule has 2 aromatic carbocycles. The number of anilines is 2. The number of hydrogen-bond donors (Lipinski definition) is 1. The predicted octanol–water partition coefficient (Wildman–Crippen LogP) is 4.07. The van der Waals surface area contributed by atoms with E-state index in [1.165, 1.54) is 18.5 Å². The monoisotopic (exact) mass is 448 g/mol. The number of rotatable bonds is 4. The first-order chi connectivity index (χ1) is 15.8. The number of aromatic nitrogens is 4. The van der Waals surface area contributed by atoms with Crippen LogP contribution < -0.4 is 10.6 Å². The molecule has 0 fully saturated rings. The number of amides is 1. The predicted molar refractivity (Wildman–Crippen MR) is 122 cm³/mol. The van der Waals surface area contributed by atoms with E-state index >= 15 is 4.39 Å². The van der Waals surface area contributed by atoms with Gasteiger partial charge < -0.3 is 10.6 Å². The zero-order valence-electron chi connectivity index (χ0n) is 18.2. The molecule has 1 amide bonds. The van der Waals surface area contributed by atoms with E-state index in [0.29, 0.717) is 52.1 Å². The number of nitrogens with zero attached hydrogens (tertiary/aromatic N) is 5. The van der Waals surface area contributed by atoms with Crippen LogP contribution in [-0.2, 0) is 17.6 Å². The first-order valence-electron chi connectivity index (χ1n) is 10.7. The van der Waals surface area contributed by atoms with Crippen LogP contribution in [0, 0.1) is 11.6 Å². The van der Waals surface area contributed by atoms with E-state index in [0.717, 1.165) is 0 Å². The molecule has 0 saturated carbocycles. The molecule has 9 heteroatoms. The van der Waals surface area contributed by atoms with Crippen LogP contribution in [0.3, 0.4) is 0 Å². The number of nitrogens with two attached hydrogens (primary N) is 1. The van der Waals surface area contributed by atoms with Crippen LogP contribution in [0.5, 0.6) is 0 Å². The second kappa shape index (κ2) is 7.91. The van der Waals surface area contributed by atoms with E-state index < -0.39 is 5.82 Å². The van der Waals surface area contributed by atoms with Crippen LogP contribution >= 0.6 is 0 Å². The Morgan fingerprint density at radius 1 is 1.12 bits per heavy atom. The molecule has 7 nitrogen and oxygen atoms in total. The zero-order chi connectivity index (χ0) is 23.3. The van der Waals surface area contributed by atoms with Crippen LogP contribution in [0.15, 0.2) is 42.7 Å². The molecule has 168 valence electrons. The lowest BCUT2D eigenvalue weighted by Gasteiger charge is -2.18. The summed E-state index contributed by atoms with van der Waals surface area (Å²) in [6.07, 6.45) is 1.87. The van der Waals surface area contributed by atoms with Crippen LogP contribution in [0.1, 0.15) is 31.0 Å². The Morgan fingerprint density at radius 3 is 2.61 bits per heavy atom. The largest absolute Gasteiger partial charge is 0.383 e. The molecule has 33 heavy (non-hydrogen) atoms. The number of carbonyl (C=O) groups is 1. The van der Waals surface area contributed by atoms with Crippen molar-refractivity contribution < 1.29 is 13.6 Å². The van der Waals surface area contributed by atoms with E-state index in [-0.39, 0.29) is 30.0 Å². The summed E-state index contributed by atoms with van der Waals surface area (Å²) >= 11 is 0. The number of halogens is 2. The Labute approximate surface area is 188 Å². The van der Waals surface area contributed by atoms with E-state index in [2.05, 4.69) is 15.1 Å². The fraction of sp³-hybridized carbons (Fsp3) is 0.250. The van der Waals surface area contributed by atoms with Gasteiger partial charge in [0.15, 0.2) is 5.65 Å². The molecular weight excluding hydrogens is 426 g/mol. The van der Waals surface area contributed by atoms with Crippen molar-refractivity contribution in [1.82, 2.24) is 19.7 Å². The Bertz CT molecular complexity index is 1380. The molecule has 2 aromatic heterocycles. The van der Waals surface area contributed by atoms with Crippen LogP contribution in [-0.4, -0.2) is 32.2 Å². The standard InChI is InChI=1S/C24H22F2N6O/c1-13(2)32-24-20(23(27)28-12-29-24)22(30-32)17-7-8-18-16(21(17)26)9-10-31(18)19(33)11-14-3-5-15(25)6-4-14/h3-8,12-13H,9-11H2,1-2H3,(H2,27,28,29). The van der Waals surface area contributed by atoms with Crippen LogP contribution in [0.4, 0.5) is 20.3 Å². The summed E-state index contributed by atoms with van der Waals surface area (Å²) in [5.41, 5.74) is 9.04. The maximum atomic E-state index is 15.7. The van der Waals surface area contributed by atoms with E-state index in [9.17, 15) is 9.18 Å². The average Bonchev–Trinajstić information content (AvgIpc) is 3.39. The summed E-state index contributed by atoms with van der Waals surface area (Å²) in [4.78, 5) is 22.8. The minimum absolute atomic E-state index is 0.00684. The Balaban J connectivity index is 1.53. The second-order valence-electron chi connectivity index (χ2n) is 8.37. The van der Waals surface area contributed by atoms with Gasteiger partial charge in [0.25, 0.3) is 0 Å². The molecule has 1 aliphatic rings. The lowest BCUT2D eigenvalue weighted by atomic mass is 10.0. The lowest BCUT2D eigenvalue weighted by Crippen LogP contribution is -2.30. The third-order valence-corrected chi connectivity index (χ3v) is 5.93. The normalized spacial score (nSPS) is 13.2. The van der Waals surface area contributed by atoms with Gasteiger partial charge in [0, 0.05) is 29.4 Å². The van der Waals surface area contributed by atoms with Crippen molar-refractivity contribution in [3.05, 3.63) is 65.5 Å². The summed E-state index contributed by atoms with van der Waals surface area (Å²) in [6, 6.07) is 9.16. The highest BCUT2D eigenvalue weighted by atomic mass is 19.1. The number of benzene rings is 2. The molecule has 4 aromatic rings. The minimum Gasteiger partial charge on any atom is -0.383 e. The molecule has 0 atom stereocenters. The molecule has 2 N–H and O–H groups in total. The van der Waals surface area contributed by atoms with Crippen molar-refractivity contribution in [2.24, 2.45) is 0 Å². The van der Waals surface area contributed by atoms with Crippen molar-refractivity contribution in [2.45, 2.75) is 32.7 Å². The molecule has 5 rings (SSSR count). The van der Waals surface area contributed by atoms with Crippen molar-refractivity contribution in [3.8, 4) is 11.3 Å². The van der Waals surface area contributed by atoms with E-state index in [4.69, 9.17) is 5.73 Å². The lowest BCUT2D eigenvalue weighted by molar-refractivity contribution is -0.117. The van der Waals surface area contributed by atoms with Crippen molar-refractivity contribution in [2.75, 3.05) is 17.2 Å². The first kappa shape index (κ1) is 21.0. The molecule has 0 bridgehead atoms. The molecule has 3 heterocycles. The highest BCUT2D eigenvalue weighted by Gasteiger charge is 2.30. The van der Waals surface area contributed by atoms with Crippen LogP contribution in [0.25, 0.3) is 22.3 Å². The number of fused-ring (bicyclic) bond motifs is 2. The summed E-state index contributed by atoms with van der Waals surface area (Å²) in [5.74, 6) is -0.716. The summed E-state index contributed by atoms with van der Waals surface area (Å²) in [5, 5.41) is 5.11. The Morgan fingerprint density at radius 2 is 1.88 bits per heavy atom. The smallest absolute Gasteiger partial charge is 0.231 e. The average molecular weight is 448 g/mol. The molecule has 0 unspecified atom stereocenters. The van der Waals surface area contributed by atoms with Gasteiger partial charge in [-0.05, 0) is 50.1 Å². The minimum atomic E-state index is -0.428. The van der Waals surface area contributed by atoms with Crippen LogP contribution in [0.2, 0.25) is 0 Å². The van der Waals surface area contributed by atoms with Gasteiger partial charge in [-0.15, -0.1) is 0 Å². The molecule has 0 aliphatic carbocycles. The van der Waals surface area contributed by atoms with Gasteiger partial charge in [-0.1, -0.05) is 12.1 Å². The zero-order valence-corrected chi connectivity index (χ0v) is 18.2. The number of carbonyl (C=O) groups excluding carboxylic acids is 1. The first-order valence-corrected chi connectivity index (χ1v) is 10.7. The molecule has 1 aliphatic heterocycles. The quantitative estimate of drug-likeness (QED) is 0.508. The third-order valence-electron chi connectivity index (χ3n) is 5.93. The highest BCUT2D eigenvalue weighted by molar-refractivity contribution is 6.00. The third kappa shape index (κ3) is 3.49. The van der Waals surface area contributed by atoms with Crippen molar-refractivity contribution in [3.63, 3.8) is 0 Å². The van der Waals surface area contributed by atoms with Gasteiger partial charge in [0.2, 0.25) is 5.91 Å². The van der Waals surface area contributed by atoms with E-state index in [1.54, 1.807) is 33.8 Å². The highest BCUT2D eigenvalue weighted by Crippen LogP contribution is 2.39. The van der Waals surface area contributed by atoms with Gasteiger partial charge in [0.05, 0.1) is 11.8 Å². The topological polar surface area (TPSA) is 89.9 Å². The molecule has 0 spiro atoms. The summed E-state index contributed by atoms with van der Waals surface area (Å²) in [7, 11) is 0. The Kier molecular flexibility index (Phi) is 5.03. The SMILES string of the molecule is CC(C)n1nc(-c2ccc3c(c2F)CCN3C(=O)Cc2ccc(F)cc2)c2c(N)ncnc21. The van der Waals surface area contributed by atoms with Gasteiger partial charge >= 0.3 is 0 Å². The fourth-order valence-electron chi connectivity index (χ4n) is 4.30. The molecule has 0 radical (unpaired) electrons.